The molecular weight excluding hydrogens is 400 g/mol. The molecule has 0 atom stereocenters. The van der Waals surface area contributed by atoms with Gasteiger partial charge in [0.2, 0.25) is 10.0 Å². The fraction of sp³-hybridized carbons (Fsp3) is 0.533. The van der Waals surface area contributed by atoms with Crippen molar-refractivity contribution in [3.63, 3.8) is 0 Å². The molecule has 136 valence electrons. The monoisotopic (exact) mass is 422 g/mol. The van der Waals surface area contributed by atoms with Crippen LogP contribution in [0.3, 0.4) is 0 Å². The Hall–Kier alpha value is -1.000. The lowest BCUT2D eigenvalue weighted by Crippen LogP contribution is -2.36. The van der Waals surface area contributed by atoms with Gasteiger partial charge in [-0.25, -0.2) is 12.7 Å². The Bertz CT molecular complexity index is 656. The number of rotatable bonds is 9. The average molecular weight is 423 g/mol. The van der Waals surface area contributed by atoms with E-state index in [9.17, 15) is 13.2 Å². The van der Waals surface area contributed by atoms with E-state index < -0.39 is 10.0 Å². The maximum Gasteiger partial charge on any atom is 0.254 e. The number of sulfonamides is 1. The molecule has 0 saturated carbocycles. The lowest BCUT2D eigenvalue weighted by atomic mass is 10.2. The highest BCUT2D eigenvalue weighted by Crippen LogP contribution is 2.25. The first kappa shape index (κ1) is 21.0. The van der Waals surface area contributed by atoms with Crippen LogP contribution in [0.1, 0.15) is 10.4 Å². The number of amides is 1. The molecule has 0 aliphatic rings. The van der Waals surface area contributed by atoms with Crippen LogP contribution in [0.15, 0.2) is 27.6 Å². The molecule has 1 aromatic carbocycles. The van der Waals surface area contributed by atoms with Crippen LogP contribution in [0.25, 0.3) is 0 Å². The number of nitrogens with zero attached hydrogens (tertiary/aromatic N) is 2. The third-order valence-corrected chi connectivity index (χ3v) is 6.16. The third-order valence-electron chi connectivity index (χ3n) is 3.35. The fourth-order valence-electron chi connectivity index (χ4n) is 1.93. The summed E-state index contributed by atoms with van der Waals surface area (Å²) in [4.78, 5) is 14.3. The van der Waals surface area contributed by atoms with Crippen molar-refractivity contribution in [2.24, 2.45) is 0 Å². The van der Waals surface area contributed by atoms with E-state index in [1.165, 1.54) is 20.2 Å². The number of carbonyl (C=O) groups excluding carboxylic acids is 1. The average Bonchev–Trinajstić information content (AvgIpc) is 2.54. The minimum absolute atomic E-state index is 0.0526. The second-order valence-corrected chi connectivity index (χ2v) is 8.19. The zero-order valence-corrected chi connectivity index (χ0v) is 16.7. The van der Waals surface area contributed by atoms with E-state index in [1.54, 1.807) is 31.3 Å². The minimum atomic E-state index is -3.66. The quantitative estimate of drug-likeness (QED) is 0.601. The smallest absolute Gasteiger partial charge is 0.254 e. The van der Waals surface area contributed by atoms with Crippen LogP contribution in [0.5, 0.6) is 0 Å². The third kappa shape index (κ3) is 5.25. The summed E-state index contributed by atoms with van der Waals surface area (Å²) in [5.41, 5.74) is 0.297. The maximum atomic E-state index is 12.7. The summed E-state index contributed by atoms with van der Waals surface area (Å²) in [5.74, 6) is -0.271. The van der Waals surface area contributed by atoms with Gasteiger partial charge in [0.1, 0.15) is 0 Å². The Morgan fingerprint density at radius 1 is 1.12 bits per heavy atom. The minimum Gasteiger partial charge on any atom is -0.383 e. The van der Waals surface area contributed by atoms with Crippen molar-refractivity contribution < 1.29 is 22.7 Å². The Morgan fingerprint density at radius 3 is 2.12 bits per heavy atom. The summed E-state index contributed by atoms with van der Waals surface area (Å²) in [6.45, 7) is 1.55. The van der Waals surface area contributed by atoms with E-state index >= 15 is 0 Å². The fourth-order valence-corrected chi connectivity index (χ4v) is 3.78. The van der Waals surface area contributed by atoms with Gasteiger partial charge in [-0.2, -0.15) is 0 Å². The van der Waals surface area contributed by atoms with Gasteiger partial charge >= 0.3 is 0 Å². The van der Waals surface area contributed by atoms with Crippen LogP contribution in [0, 0.1) is 0 Å². The molecular formula is C15H23BrN2O5S. The Morgan fingerprint density at radius 2 is 1.67 bits per heavy atom. The zero-order valence-electron chi connectivity index (χ0n) is 14.3. The molecule has 0 heterocycles. The van der Waals surface area contributed by atoms with Gasteiger partial charge in [0.25, 0.3) is 5.91 Å². The number of benzene rings is 1. The van der Waals surface area contributed by atoms with Gasteiger partial charge in [-0.15, -0.1) is 0 Å². The number of halogens is 1. The molecule has 0 fully saturated rings. The highest BCUT2D eigenvalue weighted by Gasteiger charge is 2.23. The molecule has 0 unspecified atom stereocenters. The molecule has 0 aromatic heterocycles. The van der Waals surface area contributed by atoms with E-state index in [0.29, 0.717) is 36.3 Å². The van der Waals surface area contributed by atoms with Crippen LogP contribution in [-0.4, -0.2) is 78.1 Å². The van der Waals surface area contributed by atoms with Crippen molar-refractivity contribution in [3.8, 4) is 0 Å². The number of hydrogen-bond acceptors (Lipinski definition) is 5. The Balaban J connectivity index is 3.17. The lowest BCUT2D eigenvalue weighted by Gasteiger charge is -2.22. The second-order valence-electron chi connectivity index (χ2n) is 5.21. The lowest BCUT2D eigenvalue weighted by molar-refractivity contribution is 0.0627. The molecule has 24 heavy (non-hydrogen) atoms. The molecule has 0 aliphatic carbocycles. The highest BCUT2D eigenvalue weighted by atomic mass is 79.9. The molecule has 9 heteroatoms. The molecule has 0 radical (unpaired) electrons. The highest BCUT2D eigenvalue weighted by molar-refractivity contribution is 9.10. The number of ether oxygens (including phenoxy) is 2. The largest absolute Gasteiger partial charge is 0.383 e. The van der Waals surface area contributed by atoms with E-state index in [4.69, 9.17) is 9.47 Å². The van der Waals surface area contributed by atoms with Gasteiger partial charge in [0, 0.05) is 51.4 Å². The summed E-state index contributed by atoms with van der Waals surface area (Å²) in [5, 5.41) is 0. The number of carbonyl (C=O) groups is 1. The zero-order chi connectivity index (χ0) is 18.3. The Labute approximate surface area is 151 Å². The summed E-state index contributed by atoms with van der Waals surface area (Å²) in [7, 11) is 2.34. The molecule has 0 spiro atoms. The van der Waals surface area contributed by atoms with Crippen molar-refractivity contribution in [3.05, 3.63) is 28.2 Å². The molecule has 1 aromatic rings. The van der Waals surface area contributed by atoms with E-state index in [0.717, 1.165) is 4.31 Å². The summed E-state index contributed by atoms with van der Waals surface area (Å²) >= 11 is 3.23. The molecule has 0 N–H and O–H groups in total. The van der Waals surface area contributed by atoms with Crippen molar-refractivity contribution in [2.45, 2.75) is 4.90 Å². The first-order valence-corrected chi connectivity index (χ1v) is 9.48. The predicted octanol–water partition coefficient (Wildman–Crippen LogP) is 1.43. The van der Waals surface area contributed by atoms with Gasteiger partial charge in [0.05, 0.1) is 18.1 Å². The molecule has 7 nitrogen and oxygen atoms in total. The second kappa shape index (κ2) is 9.47. The standard InChI is InChI=1S/C15H23BrN2O5S/c1-17(2)24(20,21)14-11-12(5-6-13(14)16)15(19)18(7-9-22-3)8-10-23-4/h5-6,11H,7-10H2,1-4H3. The topological polar surface area (TPSA) is 76.1 Å². The van der Waals surface area contributed by atoms with E-state index in [2.05, 4.69) is 15.9 Å². The van der Waals surface area contributed by atoms with Crippen LogP contribution in [0.4, 0.5) is 0 Å². The first-order chi connectivity index (χ1) is 11.3. The Kier molecular flexibility index (Phi) is 8.31. The van der Waals surface area contributed by atoms with Gasteiger partial charge in [0.15, 0.2) is 0 Å². The summed E-state index contributed by atoms with van der Waals surface area (Å²) in [6.07, 6.45) is 0. The van der Waals surface area contributed by atoms with E-state index in [1.807, 2.05) is 0 Å². The van der Waals surface area contributed by atoms with Crippen molar-refractivity contribution in [1.82, 2.24) is 9.21 Å². The summed E-state index contributed by atoms with van der Waals surface area (Å²) in [6, 6.07) is 4.54. The number of methoxy groups -OCH3 is 2. The predicted molar refractivity (Wildman–Crippen MR) is 94.7 cm³/mol. The molecule has 0 saturated heterocycles. The molecule has 1 rings (SSSR count). The van der Waals surface area contributed by atoms with Gasteiger partial charge in [-0.1, -0.05) is 0 Å². The maximum absolute atomic E-state index is 12.7. The normalized spacial score (nSPS) is 11.8. The first-order valence-electron chi connectivity index (χ1n) is 7.25. The number of hydrogen-bond donors (Lipinski definition) is 0. The van der Waals surface area contributed by atoms with Crippen LogP contribution >= 0.6 is 15.9 Å². The van der Waals surface area contributed by atoms with Gasteiger partial charge in [-0.3, -0.25) is 4.79 Å². The van der Waals surface area contributed by atoms with Crippen LogP contribution < -0.4 is 0 Å². The van der Waals surface area contributed by atoms with E-state index in [-0.39, 0.29) is 10.8 Å². The van der Waals surface area contributed by atoms with Crippen molar-refractivity contribution in [1.29, 1.82) is 0 Å². The van der Waals surface area contributed by atoms with Crippen molar-refractivity contribution in [2.75, 3.05) is 54.6 Å². The van der Waals surface area contributed by atoms with Gasteiger partial charge in [-0.05, 0) is 34.1 Å². The van der Waals surface area contributed by atoms with Crippen molar-refractivity contribution >= 4 is 31.9 Å². The molecule has 0 bridgehead atoms. The molecule has 1 amide bonds. The van der Waals surface area contributed by atoms with Crippen LogP contribution in [-0.2, 0) is 19.5 Å². The van der Waals surface area contributed by atoms with Gasteiger partial charge < -0.3 is 14.4 Å². The summed E-state index contributed by atoms with van der Waals surface area (Å²) < 4.78 is 36.3. The van der Waals surface area contributed by atoms with Crippen LogP contribution in [0.2, 0.25) is 0 Å². The SMILES string of the molecule is COCCN(CCOC)C(=O)c1ccc(Br)c(S(=O)(=O)N(C)C)c1. The molecule has 0 aliphatic heterocycles.